The van der Waals surface area contributed by atoms with Crippen molar-refractivity contribution in [3.8, 4) is 0 Å². The van der Waals surface area contributed by atoms with Crippen molar-refractivity contribution in [1.29, 1.82) is 0 Å². The summed E-state index contributed by atoms with van der Waals surface area (Å²) in [6.45, 7) is 0. The van der Waals surface area contributed by atoms with Crippen molar-refractivity contribution in [2.75, 3.05) is 5.73 Å². The lowest BCUT2D eigenvalue weighted by molar-refractivity contribution is -0.136. The number of hydrogen-bond donors (Lipinski definition) is 2. The number of nitrogen functional groups attached to an aromatic ring is 1. The zero-order valence-corrected chi connectivity index (χ0v) is 7.84. The van der Waals surface area contributed by atoms with Gasteiger partial charge in [-0.2, -0.15) is 13.2 Å². The van der Waals surface area contributed by atoms with E-state index in [0.717, 1.165) is 12.1 Å². The number of halogens is 4. The summed E-state index contributed by atoms with van der Waals surface area (Å²) < 4.78 is 36.8. The molecule has 0 amide bonds. The molecule has 0 aliphatic rings. The molecule has 0 radical (unpaired) electrons. The van der Waals surface area contributed by atoms with Gasteiger partial charge in [0.25, 0.3) is 0 Å². The summed E-state index contributed by atoms with van der Waals surface area (Å²) in [5, 5.41) is -0.433. The van der Waals surface area contributed by atoms with E-state index in [-0.39, 0.29) is 0 Å². The van der Waals surface area contributed by atoms with Crippen LogP contribution in [-0.2, 0) is 6.18 Å². The molecule has 0 heterocycles. The summed E-state index contributed by atoms with van der Waals surface area (Å²) in [6.07, 6.45) is -4.53. The van der Waals surface area contributed by atoms with Crippen LogP contribution < -0.4 is 5.73 Å². The molecule has 2 N–H and O–H groups in total. The van der Waals surface area contributed by atoms with Crippen LogP contribution in [0, 0.1) is 0 Å². The molecule has 1 aromatic carbocycles. The third kappa shape index (κ3) is 2.22. The van der Waals surface area contributed by atoms with E-state index >= 15 is 0 Å². The van der Waals surface area contributed by atoms with Gasteiger partial charge in [-0.15, -0.1) is 12.6 Å². The molecule has 1 aromatic rings. The quantitative estimate of drug-likeness (QED) is 0.517. The lowest BCUT2D eigenvalue weighted by Crippen LogP contribution is -2.09. The molecule has 0 spiro atoms. The van der Waals surface area contributed by atoms with Crippen LogP contribution in [0.3, 0.4) is 0 Å². The fourth-order valence-corrected chi connectivity index (χ4v) is 1.59. The van der Waals surface area contributed by atoms with E-state index in [0.29, 0.717) is 4.90 Å². The van der Waals surface area contributed by atoms with Gasteiger partial charge < -0.3 is 5.73 Å². The highest BCUT2D eigenvalue weighted by Crippen LogP contribution is 2.39. The molecule has 0 saturated carbocycles. The van der Waals surface area contributed by atoms with Gasteiger partial charge in [-0.05, 0) is 12.1 Å². The van der Waals surface area contributed by atoms with Crippen LogP contribution in [0.15, 0.2) is 17.0 Å². The molecule has 0 atom stereocenters. The maximum absolute atomic E-state index is 12.3. The molecule has 13 heavy (non-hydrogen) atoms. The van der Waals surface area contributed by atoms with Crippen molar-refractivity contribution in [1.82, 2.24) is 0 Å². The van der Waals surface area contributed by atoms with E-state index in [1.165, 1.54) is 0 Å². The normalized spacial score (nSPS) is 11.8. The number of rotatable bonds is 0. The maximum Gasteiger partial charge on any atom is 0.419 e. The standard InChI is InChI=1S/C7H5ClF3NS/c8-4-1-3(13)2-5(12)6(4)7(9,10)11/h1-2,13H,12H2. The summed E-state index contributed by atoms with van der Waals surface area (Å²) >= 11 is 9.21. The summed E-state index contributed by atoms with van der Waals surface area (Å²) in [5.41, 5.74) is 3.74. The minimum Gasteiger partial charge on any atom is -0.398 e. The molecule has 72 valence electrons. The van der Waals surface area contributed by atoms with E-state index in [9.17, 15) is 13.2 Å². The van der Waals surface area contributed by atoms with Crippen LogP contribution >= 0.6 is 24.2 Å². The van der Waals surface area contributed by atoms with Crippen molar-refractivity contribution in [3.63, 3.8) is 0 Å². The Morgan fingerprint density at radius 2 is 1.85 bits per heavy atom. The molecule has 0 aromatic heterocycles. The van der Waals surface area contributed by atoms with Crippen LogP contribution in [0.2, 0.25) is 5.02 Å². The van der Waals surface area contributed by atoms with Crippen LogP contribution in [0.25, 0.3) is 0 Å². The Morgan fingerprint density at radius 1 is 1.31 bits per heavy atom. The highest BCUT2D eigenvalue weighted by molar-refractivity contribution is 7.80. The molecular weight excluding hydrogens is 223 g/mol. The lowest BCUT2D eigenvalue weighted by atomic mass is 10.2. The molecule has 0 aliphatic heterocycles. The lowest BCUT2D eigenvalue weighted by Gasteiger charge is -2.11. The van der Waals surface area contributed by atoms with Gasteiger partial charge in [0.05, 0.1) is 10.6 Å². The first-order valence-corrected chi connectivity index (χ1v) is 4.00. The Kier molecular flexibility index (Phi) is 2.68. The smallest absolute Gasteiger partial charge is 0.398 e. The second-order valence-corrected chi connectivity index (χ2v) is 3.31. The number of thiol groups is 1. The second kappa shape index (κ2) is 3.31. The Hall–Kier alpha value is -0.550. The fraction of sp³-hybridized carbons (Fsp3) is 0.143. The van der Waals surface area contributed by atoms with E-state index < -0.39 is 22.4 Å². The molecule has 0 saturated heterocycles. The predicted octanol–water partition coefficient (Wildman–Crippen LogP) is 3.23. The summed E-state index contributed by atoms with van der Waals surface area (Å²) in [4.78, 5) is 0.301. The van der Waals surface area contributed by atoms with Gasteiger partial charge in [0, 0.05) is 10.6 Å². The average molecular weight is 228 g/mol. The molecule has 1 rings (SSSR count). The maximum atomic E-state index is 12.3. The van der Waals surface area contributed by atoms with Gasteiger partial charge in [0.15, 0.2) is 0 Å². The topological polar surface area (TPSA) is 26.0 Å². The molecular formula is C7H5ClF3NS. The Bertz CT molecular complexity index is 314. The third-order valence-corrected chi connectivity index (χ3v) is 1.95. The Labute approximate surface area is 83.1 Å². The van der Waals surface area contributed by atoms with Gasteiger partial charge in [-0.3, -0.25) is 0 Å². The Balaban J connectivity index is 3.38. The number of hydrogen-bond acceptors (Lipinski definition) is 2. The molecule has 0 bridgehead atoms. The van der Waals surface area contributed by atoms with Gasteiger partial charge >= 0.3 is 6.18 Å². The van der Waals surface area contributed by atoms with Crippen LogP contribution in [-0.4, -0.2) is 0 Å². The number of alkyl halides is 3. The molecule has 0 aliphatic carbocycles. The fourth-order valence-electron chi connectivity index (χ4n) is 0.912. The molecule has 6 heteroatoms. The van der Waals surface area contributed by atoms with Gasteiger partial charge in [-0.1, -0.05) is 11.6 Å². The number of benzene rings is 1. The Morgan fingerprint density at radius 3 is 2.23 bits per heavy atom. The number of anilines is 1. The van der Waals surface area contributed by atoms with E-state index in [2.05, 4.69) is 12.6 Å². The monoisotopic (exact) mass is 227 g/mol. The SMILES string of the molecule is Nc1cc(S)cc(Cl)c1C(F)(F)F. The first-order chi connectivity index (χ1) is 5.82. The van der Waals surface area contributed by atoms with Crippen LogP contribution in [0.5, 0.6) is 0 Å². The first-order valence-electron chi connectivity index (χ1n) is 3.17. The van der Waals surface area contributed by atoms with Crippen molar-refractivity contribution in [2.24, 2.45) is 0 Å². The summed E-state index contributed by atoms with van der Waals surface area (Å²) in [6, 6.07) is 2.21. The van der Waals surface area contributed by atoms with Crippen molar-refractivity contribution in [2.45, 2.75) is 11.1 Å². The average Bonchev–Trinajstić information content (AvgIpc) is 1.78. The second-order valence-electron chi connectivity index (χ2n) is 2.39. The third-order valence-electron chi connectivity index (χ3n) is 1.39. The van der Waals surface area contributed by atoms with E-state index in [4.69, 9.17) is 17.3 Å². The summed E-state index contributed by atoms with van der Waals surface area (Å²) in [7, 11) is 0. The van der Waals surface area contributed by atoms with E-state index in [1.54, 1.807) is 0 Å². The van der Waals surface area contributed by atoms with Crippen molar-refractivity contribution < 1.29 is 13.2 Å². The minimum atomic E-state index is -4.53. The molecule has 0 unspecified atom stereocenters. The highest BCUT2D eigenvalue weighted by Gasteiger charge is 2.35. The largest absolute Gasteiger partial charge is 0.419 e. The zero-order valence-electron chi connectivity index (χ0n) is 6.19. The highest BCUT2D eigenvalue weighted by atomic mass is 35.5. The summed E-state index contributed by atoms with van der Waals surface area (Å²) in [5.74, 6) is 0. The van der Waals surface area contributed by atoms with Crippen LogP contribution in [0.1, 0.15) is 5.56 Å². The molecule has 0 fully saturated rings. The molecule has 1 nitrogen and oxygen atoms in total. The van der Waals surface area contributed by atoms with Gasteiger partial charge in [0.2, 0.25) is 0 Å². The van der Waals surface area contributed by atoms with Gasteiger partial charge in [0.1, 0.15) is 0 Å². The van der Waals surface area contributed by atoms with Crippen molar-refractivity contribution in [3.05, 3.63) is 22.7 Å². The number of nitrogens with two attached hydrogens (primary N) is 1. The van der Waals surface area contributed by atoms with Crippen molar-refractivity contribution >= 4 is 29.9 Å². The van der Waals surface area contributed by atoms with Gasteiger partial charge in [-0.25, -0.2) is 0 Å². The van der Waals surface area contributed by atoms with E-state index in [1.807, 2.05) is 0 Å². The minimum absolute atomic E-state index is 0.301. The zero-order chi connectivity index (χ0) is 10.2. The van der Waals surface area contributed by atoms with Crippen LogP contribution in [0.4, 0.5) is 18.9 Å². The predicted molar refractivity (Wildman–Crippen MR) is 48.1 cm³/mol. The first kappa shape index (κ1) is 10.5.